The van der Waals surface area contributed by atoms with Gasteiger partial charge in [-0.3, -0.25) is 9.59 Å². The third-order valence-electron chi connectivity index (χ3n) is 3.85. The lowest BCUT2D eigenvalue weighted by molar-refractivity contribution is -0.118. The van der Waals surface area contributed by atoms with Crippen LogP contribution in [-0.2, 0) is 19.6 Å². The molecule has 2 N–H and O–H groups in total. The maximum atomic E-state index is 12.8. The Labute approximate surface area is 171 Å². The number of hydrogen-bond donors (Lipinski definition) is 2. The van der Waals surface area contributed by atoms with Crippen molar-refractivity contribution >= 4 is 56.4 Å². The fourth-order valence-electron chi connectivity index (χ4n) is 2.47. The van der Waals surface area contributed by atoms with E-state index in [1.807, 2.05) is 0 Å². The van der Waals surface area contributed by atoms with E-state index in [-0.39, 0.29) is 33.9 Å². The Morgan fingerprint density at radius 1 is 1.25 bits per heavy atom. The Morgan fingerprint density at radius 3 is 2.61 bits per heavy atom. The van der Waals surface area contributed by atoms with Gasteiger partial charge in [0.15, 0.2) is 6.61 Å². The van der Waals surface area contributed by atoms with Crippen molar-refractivity contribution in [2.75, 3.05) is 30.8 Å². The average Bonchev–Trinajstić information content (AvgIpc) is 2.62. The first-order chi connectivity index (χ1) is 13.2. The molecule has 1 aliphatic heterocycles. The molecule has 0 radical (unpaired) electrons. The molecule has 1 heterocycles. The van der Waals surface area contributed by atoms with E-state index >= 15 is 0 Å². The molecule has 2 aromatic carbocycles. The number of carbonyl (C=O) groups is 2. The number of sulfonamides is 1. The molecule has 0 bridgehead atoms. The van der Waals surface area contributed by atoms with Crippen LogP contribution in [0.25, 0.3) is 0 Å². The Balaban J connectivity index is 1.77. The molecule has 0 unspecified atom stereocenters. The largest absolute Gasteiger partial charge is 0.482 e. The molecular formula is C17H15Cl2N3O5S. The first kappa shape index (κ1) is 20.4. The van der Waals surface area contributed by atoms with E-state index < -0.39 is 22.5 Å². The topological polar surface area (TPSA) is 105 Å². The number of anilines is 2. The summed E-state index contributed by atoms with van der Waals surface area (Å²) in [6.07, 6.45) is 0. The highest BCUT2D eigenvalue weighted by Crippen LogP contribution is 2.36. The Hall–Kier alpha value is -2.33. The van der Waals surface area contributed by atoms with Crippen LogP contribution in [0.2, 0.25) is 10.0 Å². The summed E-state index contributed by atoms with van der Waals surface area (Å²) >= 11 is 11.9. The lowest BCUT2D eigenvalue weighted by Gasteiger charge is -2.22. The molecule has 0 atom stereocenters. The van der Waals surface area contributed by atoms with Crippen LogP contribution in [0, 0.1) is 0 Å². The van der Waals surface area contributed by atoms with E-state index in [9.17, 15) is 18.0 Å². The van der Waals surface area contributed by atoms with Gasteiger partial charge in [0.2, 0.25) is 15.9 Å². The molecule has 3 rings (SSSR count). The highest BCUT2D eigenvalue weighted by Gasteiger charge is 2.28. The van der Waals surface area contributed by atoms with Gasteiger partial charge in [0.25, 0.3) is 5.91 Å². The summed E-state index contributed by atoms with van der Waals surface area (Å²) < 4.78 is 31.8. The summed E-state index contributed by atoms with van der Waals surface area (Å²) in [4.78, 5) is 23.3. The second kappa shape index (κ2) is 7.96. The summed E-state index contributed by atoms with van der Waals surface area (Å²) in [6.45, 7) is -0.663. The van der Waals surface area contributed by atoms with Crippen molar-refractivity contribution in [2.24, 2.45) is 0 Å². The molecule has 0 fully saturated rings. The molecular weight excluding hydrogens is 429 g/mol. The summed E-state index contributed by atoms with van der Waals surface area (Å²) in [5.74, 6) is -0.720. The first-order valence-electron chi connectivity index (χ1n) is 7.95. The van der Waals surface area contributed by atoms with Crippen LogP contribution in [0.4, 0.5) is 11.4 Å². The van der Waals surface area contributed by atoms with Crippen molar-refractivity contribution in [3.05, 3.63) is 46.4 Å². The SMILES string of the molecule is CN(CC(=O)Nc1ccc(Cl)cc1)S(=O)(=O)c1cc2c(cc1Cl)NC(=O)CO2. The molecule has 2 aromatic rings. The molecule has 1 aliphatic rings. The fourth-order valence-corrected chi connectivity index (χ4v) is 4.23. The lowest BCUT2D eigenvalue weighted by atomic mass is 10.2. The molecule has 148 valence electrons. The zero-order chi connectivity index (χ0) is 20.5. The lowest BCUT2D eigenvalue weighted by Crippen LogP contribution is -2.35. The number of ether oxygens (including phenoxy) is 1. The number of nitrogens with one attached hydrogen (secondary N) is 2. The number of carbonyl (C=O) groups excluding carboxylic acids is 2. The Morgan fingerprint density at radius 2 is 1.93 bits per heavy atom. The number of nitrogens with zero attached hydrogens (tertiary/aromatic N) is 1. The molecule has 0 aromatic heterocycles. The summed E-state index contributed by atoms with van der Waals surface area (Å²) in [5, 5.41) is 5.54. The van der Waals surface area contributed by atoms with Crippen molar-refractivity contribution in [2.45, 2.75) is 4.90 Å². The van der Waals surface area contributed by atoms with Gasteiger partial charge in [-0.2, -0.15) is 4.31 Å². The van der Waals surface area contributed by atoms with Gasteiger partial charge in [-0.1, -0.05) is 23.2 Å². The standard InChI is InChI=1S/C17H15Cl2N3O5S/c1-22(8-16(23)20-11-4-2-10(18)3-5-11)28(25,26)15-7-14-13(6-12(15)19)21-17(24)9-27-14/h2-7H,8-9H2,1H3,(H,20,23)(H,21,24). The molecule has 0 spiro atoms. The smallest absolute Gasteiger partial charge is 0.262 e. The van der Waals surface area contributed by atoms with Crippen LogP contribution in [-0.4, -0.2) is 44.7 Å². The number of likely N-dealkylation sites (N-methyl/N-ethyl adjacent to an activating group) is 1. The Bertz CT molecular complexity index is 1040. The third kappa shape index (κ3) is 4.39. The first-order valence-corrected chi connectivity index (χ1v) is 10.1. The quantitative estimate of drug-likeness (QED) is 0.738. The monoisotopic (exact) mass is 443 g/mol. The average molecular weight is 444 g/mol. The van der Waals surface area contributed by atoms with Crippen molar-refractivity contribution < 1.29 is 22.7 Å². The van der Waals surface area contributed by atoms with Gasteiger partial charge in [0.05, 0.1) is 17.3 Å². The van der Waals surface area contributed by atoms with Gasteiger partial charge in [-0.15, -0.1) is 0 Å². The predicted molar refractivity (Wildman–Crippen MR) is 105 cm³/mol. The van der Waals surface area contributed by atoms with Crippen LogP contribution in [0.5, 0.6) is 5.75 Å². The molecule has 28 heavy (non-hydrogen) atoms. The van der Waals surface area contributed by atoms with Crippen molar-refractivity contribution in [1.82, 2.24) is 4.31 Å². The fraction of sp³-hybridized carbons (Fsp3) is 0.176. The van der Waals surface area contributed by atoms with E-state index in [0.29, 0.717) is 10.7 Å². The maximum Gasteiger partial charge on any atom is 0.262 e. The van der Waals surface area contributed by atoms with E-state index in [1.54, 1.807) is 24.3 Å². The van der Waals surface area contributed by atoms with Crippen LogP contribution >= 0.6 is 23.2 Å². The summed E-state index contributed by atoms with van der Waals surface area (Å²) in [6, 6.07) is 8.91. The van der Waals surface area contributed by atoms with Crippen LogP contribution in [0.1, 0.15) is 0 Å². The highest BCUT2D eigenvalue weighted by molar-refractivity contribution is 7.89. The maximum absolute atomic E-state index is 12.8. The minimum atomic E-state index is -4.08. The van der Waals surface area contributed by atoms with Crippen LogP contribution in [0.15, 0.2) is 41.3 Å². The third-order valence-corrected chi connectivity index (χ3v) is 6.37. The second-order valence-electron chi connectivity index (χ2n) is 5.93. The van der Waals surface area contributed by atoms with Gasteiger partial charge < -0.3 is 15.4 Å². The number of hydrogen-bond acceptors (Lipinski definition) is 5. The molecule has 0 aliphatic carbocycles. The van der Waals surface area contributed by atoms with E-state index in [2.05, 4.69) is 10.6 Å². The molecule has 0 saturated carbocycles. The summed E-state index contributed by atoms with van der Waals surface area (Å²) in [5.41, 5.74) is 0.763. The van der Waals surface area contributed by atoms with Crippen molar-refractivity contribution in [1.29, 1.82) is 0 Å². The second-order valence-corrected chi connectivity index (χ2v) is 8.79. The molecule has 11 heteroatoms. The number of fused-ring (bicyclic) bond motifs is 1. The van der Waals surface area contributed by atoms with Gasteiger partial charge in [-0.05, 0) is 30.3 Å². The highest BCUT2D eigenvalue weighted by atomic mass is 35.5. The van der Waals surface area contributed by atoms with Crippen LogP contribution in [0.3, 0.4) is 0 Å². The predicted octanol–water partition coefficient (Wildman–Crippen LogP) is 2.58. The zero-order valence-corrected chi connectivity index (χ0v) is 16.9. The van der Waals surface area contributed by atoms with Gasteiger partial charge in [0.1, 0.15) is 10.6 Å². The molecule has 0 saturated heterocycles. The van der Waals surface area contributed by atoms with Crippen LogP contribution < -0.4 is 15.4 Å². The van der Waals surface area contributed by atoms with E-state index in [0.717, 1.165) is 4.31 Å². The van der Waals surface area contributed by atoms with E-state index in [1.165, 1.54) is 19.2 Å². The summed E-state index contributed by atoms with van der Waals surface area (Å²) in [7, 11) is -2.82. The zero-order valence-electron chi connectivity index (χ0n) is 14.5. The minimum Gasteiger partial charge on any atom is -0.482 e. The van der Waals surface area contributed by atoms with Gasteiger partial charge in [-0.25, -0.2) is 8.42 Å². The van der Waals surface area contributed by atoms with Crippen molar-refractivity contribution in [3.8, 4) is 5.75 Å². The Kier molecular flexibility index (Phi) is 5.80. The number of halogens is 2. The van der Waals surface area contributed by atoms with E-state index in [4.69, 9.17) is 27.9 Å². The van der Waals surface area contributed by atoms with Crippen molar-refractivity contribution in [3.63, 3.8) is 0 Å². The number of benzene rings is 2. The molecule has 2 amide bonds. The number of amides is 2. The molecule has 8 nitrogen and oxygen atoms in total. The normalized spacial score (nSPS) is 13.5. The van der Waals surface area contributed by atoms with Gasteiger partial charge >= 0.3 is 0 Å². The van der Waals surface area contributed by atoms with Gasteiger partial charge in [0, 0.05) is 23.8 Å². The minimum absolute atomic E-state index is 0.102. The number of rotatable bonds is 5.